The molecule has 1 amide bonds. The number of anilines is 1. The van der Waals surface area contributed by atoms with E-state index in [1.165, 1.54) is 12.1 Å². The number of nitrogens with zero attached hydrogens (tertiary/aromatic N) is 2. The van der Waals surface area contributed by atoms with Gasteiger partial charge in [0, 0.05) is 39.0 Å². The fourth-order valence-electron chi connectivity index (χ4n) is 2.99. The Morgan fingerprint density at radius 3 is 2.29 bits per heavy atom. The molecular weight excluding hydrogens is 362 g/mol. The number of nitrogens with one attached hydrogen (secondary N) is 1. The molecule has 0 heterocycles. The topological polar surface area (TPSA) is 93.9 Å². The normalized spacial score (nSPS) is 12.8. The van der Waals surface area contributed by atoms with Gasteiger partial charge in [0.05, 0.1) is 23.6 Å². The maximum absolute atomic E-state index is 12.9. The van der Waals surface area contributed by atoms with Gasteiger partial charge in [-0.2, -0.15) is 0 Å². The molecule has 0 aromatic heterocycles. The highest BCUT2D eigenvalue weighted by molar-refractivity contribution is 6.00. The number of hydrogen-bond acceptors (Lipinski definition) is 6. The molecule has 150 valence electrons. The average molecular weight is 387 g/mol. The van der Waals surface area contributed by atoms with Gasteiger partial charge in [-0.15, -0.1) is 0 Å². The predicted molar refractivity (Wildman–Crippen MR) is 107 cm³/mol. The lowest BCUT2D eigenvalue weighted by Gasteiger charge is -2.25. The van der Waals surface area contributed by atoms with Crippen molar-refractivity contribution < 1.29 is 19.2 Å². The zero-order valence-electron chi connectivity index (χ0n) is 16.6. The molecule has 0 radical (unpaired) electrons. The number of benzene rings is 2. The molecule has 8 heteroatoms. The second kappa shape index (κ2) is 9.18. The van der Waals surface area contributed by atoms with Crippen LogP contribution in [-0.2, 0) is 4.74 Å². The van der Waals surface area contributed by atoms with E-state index in [2.05, 4.69) is 5.32 Å². The third-order valence-corrected chi connectivity index (χ3v) is 4.43. The minimum absolute atomic E-state index is 0.137. The molecule has 0 saturated carbocycles. The highest BCUT2D eigenvalue weighted by Gasteiger charge is 2.24. The number of ether oxygens (including phenoxy) is 2. The molecule has 8 nitrogen and oxygen atoms in total. The summed E-state index contributed by atoms with van der Waals surface area (Å²) in [6.45, 7) is 1.82. The Kier molecular flexibility index (Phi) is 6.94. The molecule has 2 aromatic rings. The molecule has 0 unspecified atom stereocenters. The van der Waals surface area contributed by atoms with Gasteiger partial charge >= 0.3 is 0 Å². The molecule has 0 aliphatic carbocycles. The van der Waals surface area contributed by atoms with E-state index in [0.29, 0.717) is 5.69 Å². The van der Waals surface area contributed by atoms with Gasteiger partial charge in [-0.1, -0.05) is 12.1 Å². The number of nitro benzene ring substituents is 1. The number of hydrogen-bond donors (Lipinski definition) is 1. The Morgan fingerprint density at radius 2 is 1.79 bits per heavy atom. The molecule has 1 N–H and O–H groups in total. The van der Waals surface area contributed by atoms with E-state index in [1.54, 1.807) is 39.3 Å². The lowest BCUT2D eigenvalue weighted by molar-refractivity contribution is -0.384. The zero-order valence-corrected chi connectivity index (χ0v) is 16.6. The van der Waals surface area contributed by atoms with Crippen molar-refractivity contribution >= 4 is 17.3 Å². The van der Waals surface area contributed by atoms with Crippen LogP contribution in [0.3, 0.4) is 0 Å². The van der Waals surface area contributed by atoms with Crippen LogP contribution in [0.5, 0.6) is 5.75 Å². The van der Waals surface area contributed by atoms with Crippen molar-refractivity contribution in [2.24, 2.45) is 0 Å². The number of amides is 1. The summed E-state index contributed by atoms with van der Waals surface area (Å²) in [6.07, 6.45) is -0.392. The summed E-state index contributed by atoms with van der Waals surface area (Å²) in [4.78, 5) is 25.2. The number of nitro groups is 1. The first kappa shape index (κ1) is 21.2. The van der Waals surface area contributed by atoms with Crippen LogP contribution in [0.15, 0.2) is 42.5 Å². The molecule has 0 saturated heterocycles. The van der Waals surface area contributed by atoms with Gasteiger partial charge < -0.3 is 19.7 Å². The Hall–Kier alpha value is -3.13. The molecule has 2 rings (SSSR count). The van der Waals surface area contributed by atoms with Crippen LogP contribution < -0.4 is 15.0 Å². The smallest absolute Gasteiger partial charge is 0.270 e. The average Bonchev–Trinajstić information content (AvgIpc) is 2.68. The fourth-order valence-corrected chi connectivity index (χ4v) is 2.99. The number of rotatable bonds is 8. The minimum atomic E-state index is -0.519. The fraction of sp³-hybridized carbons (Fsp3) is 0.350. The molecule has 0 spiro atoms. The summed E-state index contributed by atoms with van der Waals surface area (Å²) < 4.78 is 10.7. The summed E-state index contributed by atoms with van der Waals surface area (Å²) >= 11 is 0. The van der Waals surface area contributed by atoms with Crippen LogP contribution >= 0.6 is 0 Å². The standard InChI is InChI=1S/C20H25N3O5/c1-13(19(28-5)14-6-9-16(27-4)10-7-14)21-20(24)17-12-15(23(25)26)8-11-18(17)22(2)3/h6-13,19H,1-5H3,(H,21,24)/t13-,19+/m1/s1. The second-order valence-corrected chi connectivity index (χ2v) is 6.54. The van der Waals surface area contributed by atoms with Gasteiger partial charge in [-0.3, -0.25) is 14.9 Å². The van der Waals surface area contributed by atoms with Crippen molar-refractivity contribution in [2.45, 2.75) is 19.1 Å². The van der Waals surface area contributed by atoms with Crippen molar-refractivity contribution in [2.75, 3.05) is 33.2 Å². The Labute approximate surface area is 164 Å². The van der Waals surface area contributed by atoms with E-state index in [-0.39, 0.29) is 17.3 Å². The number of carbonyl (C=O) groups excluding carboxylic acids is 1. The van der Waals surface area contributed by atoms with Crippen LogP contribution in [-0.4, -0.2) is 45.2 Å². The van der Waals surface area contributed by atoms with Gasteiger partial charge in [0.1, 0.15) is 11.9 Å². The molecule has 0 aliphatic heterocycles. The van der Waals surface area contributed by atoms with E-state index in [9.17, 15) is 14.9 Å². The number of methoxy groups -OCH3 is 2. The van der Waals surface area contributed by atoms with Crippen molar-refractivity contribution in [1.82, 2.24) is 5.32 Å². The van der Waals surface area contributed by atoms with Crippen LogP contribution in [0.1, 0.15) is 28.9 Å². The summed E-state index contributed by atoms with van der Waals surface area (Å²) in [7, 11) is 6.70. The van der Waals surface area contributed by atoms with Crippen molar-refractivity contribution in [3.8, 4) is 5.75 Å². The van der Waals surface area contributed by atoms with E-state index < -0.39 is 16.9 Å². The largest absolute Gasteiger partial charge is 0.497 e. The molecule has 2 atom stereocenters. The van der Waals surface area contributed by atoms with E-state index >= 15 is 0 Å². The highest BCUT2D eigenvalue weighted by Crippen LogP contribution is 2.26. The molecule has 2 aromatic carbocycles. The van der Waals surface area contributed by atoms with Gasteiger partial charge in [0.2, 0.25) is 0 Å². The lowest BCUT2D eigenvalue weighted by Crippen LogP contribution is -2.38. The molecule has 0 aliphatic rings. The summed E-state index contributed by atoms with van der Waals surface area (Å²) in [5.74, 6) is 0.318. The van der Waals surface area contributed by atoms with Gasteiger partial charge in [-0.25, -0.2) is 0 Å². The first-order valence-corrected chi connectivity index (χ1v) is 8.71. The molecule has 28 heavy (non-hydrogen) atoms. The summed E-state index contributed by atoms with van der Waals surface area (Å²) in [6, 6.07) is 11.2. The predicted octanol–water partition coefficient (Wildman–Crippen LogP) is 3.18. The Bertz CT molecular complexity index is 836. The van der Waals surface area contributed by atoms with Crippen LogP contribution in [0.25, 0.3) is 0 Å². The van der Waals surface area contributed by atoms with E-state index in [1.807, 2.05) is 31.2 Å². The van der Waals surface area contributed by atoms with Crippen LogP contribution in [0.2, 0.25) is 0 Å². The SMILES string of the molecule is COc1ccc([C@@H](OC)[C@@H](C)NC(=O)c2cc([N+](=O)[O-])ccc2N(C)C)cc1. The van der Waals surface area contributed by atoms with Gasteiger partial charge in [0.15, 0.2) is 0 Å². The van der Waals surface area contributed by atoms with E-state index in [4.69, 9.17) is 9.47 Å². The maximum atomic E-state index is 12.9. The number of carbonyl (C=O) groups is 1. The third-order valence-electron chi connectivity index (χ3n) is 4.43. The highest BCUT2D eigenvalue weighted by atomic mass is 16.6. The Balaban J connectivity index is 2.26. The van der Waals surface area contributed by atoms with Crippen molar-refractivity contribution in [3.63, 3.8) is 0 Å². The first-order valence-electron chi connectivity index (χ1n) is 8.71. The molecule has 0 bridgehead atoms. The molecular formula is C20H25N3O5. The lowest BCUT2D eigenvalue weighted by atomic mass is 10.0. The third kappa shape index (κ3) is 4.77. The zero-order chi connectivity index (χ0) is 20.8. The second-order valence-electron chi connectivity index (χ2n) is 6.54. The van der Waals surface area contributed by atoms with Gasteiger partial charge in [0.25, 0.3) is 11.6 Å². The monoisotopic (exact) mass is 387 g/mol. The van der Waals surface area contributed by atoms with Crippen LogP contribution in [0, 0.1) is 10.1 Å². The summed E-state index contributed by atoms with van der Waals surface area (Å²) in [5.41, 5.74) is 1.56. The number of non-ortho nitro benzene ring substituents is 1. The maximum Gasteiger partial charge on any atom is 0.270 e. The first-order chi connectivity index (χ1) is 13.3. The van der Waals surface area contributed by atoms with E-state index in [0.717, 1.165) is 11.3 Å². The Morgan fingerprint density at radius 1 is 1.14 bits per heavy atom. The van der Waals surface area contributed by atoms with Gasteiger partial charge in [-0.05, 0) is 30.7 Å². The van der Waals surface area contributed by atoms with Crippen LogP contribution in [0.4, 0.5) is 11.4 Å². The quantitative estimate of drug-likeness (QED) is 0.552. The van der Waals surface area contributed by atoms with Crippen molar-refractivity contribution in [3.05, 3.63) is 63.7 Å². The molecule has 0 fully saturated rings. The van der Waals surface area contributed by atoms with Crippen molar-refractivity contribution in [1.29, 1.82) is 0 Å². The summed E-state index contributed by atoms with van der Waals surface area (Å²) in [5, 5.41) is 14.0. The minimum Gasteiger partial charge on any atom is -0.497 e.